The van der Waals surface area contributed by atoms with Crippen LogP contribution in [0.2, 0.25) is 10.0 Å². The number of halogens is 2. The number of aldehydes is 1. The number of ether oxygens (including phenoxy) is 2. The highest BCUT2D eigenvalue weighted by Crippen LogP contribution is 2.45. The fourth-order valence-electron chi connectivity index (χ4n) is 5.34. The van der Waals surface area contributed by atoms with Gasteiger partial charge in [-0.1, -0.05) is 60.5 Å². The van der Waals surface area contributed by atoms with Crippen molar-refractivity contribution in [3.63, 3.8) is 0 Å². The number of carbonyl (C=O) groups excluding carboxylic acids is 1. The molecule has 0 bridgehead atoms. The van der Waals surface area contributed by atoms with E-state index in [1.807, 2.05) is 61.5 Å². The predicted molar refractivity (Wildman–Crippen MR) is 156 cm³/mol. The minimum atomic E-state index is -0.218. The predicted octanol–water partition coefficient (Wildman–Crippen LogP) is 6.21. The molecule has 1 fully saturated rings. The maximum atomic E-state index is 11.9. The van der Waals surface area contributed by atoms with Crippen molar-refractivity contribution in [2.45, 2.75) is 25.6 Å². The summed E-state index contributed by atoms with van der Waals surface area (Å²) in [5, 5.41) is 1.35. The molecule has 8 heteroatoms. The number of amidine groups is 1. The van der Waals surface area contributed by atoms with Crippen LogP contribution < -0.4 is 4.74 Å². The third kappa shape index (κ3) is 6.30. The van der Waals surface area contributed by atoms with Gasteiger partial charge in [0.25, 0.3) is 0 Å². The molecule has 0 radical (unpaired) electrons. The van der Waals surface area contributed by atoms with Crippen molar-refractivity contribution in [2.75, 3.05) is 40.0 Å². The summed E-state index contributed by atoms with van der Waals surface area (Å²) in [5.74, 6) is 1.36. The fraction of sp³-hybridized carbons (Fsp3) is 0.355. The third-order valence-corrected chi connectivity index (χ3v) is 7.83. The number of aliphatic imine (C=N–C) groups is 1. The molecule has 0 amide bonds. The zero-order valence-electron chi connectivity index (χ0n) is 22.2. The molecular formula is C31H33Cl2N3O3. The number of hydrogen-bond acceptors (Lipinski definition) is 6. The van der Waals surface area contributed by atoms with Gasteiger partial charge in [0.15, 0.2) is 0 Å². The first-order valence-corrected chi connectivity index (χ1v) is 14.0. The normalized spacial score (nSPS) is 20.5. The molecule has 0 aromatic heterocycles. The lowest BCUT2D eigenvalue weighted by Gasteiger charge is -2.33. The fourth-order valence-corrected chi connectivity index (χ4v) is 5.59. The smallest absolute Gasteiger partial charge is 0.136 e. The zero-order valence-corrected chi connectivity index (χ0v) is 23.7. The quantitative estimate of drug-likeness (QED) is 0.288. The summed E-state index contributed by atoms with van der Waals surface area (Å²) in [7, 11) is 1.68. The molecule has 3 atom stereocenters. The number of hydrogen-bond donors (Lipinski definition) is 0. The number of benzene rings is 3. The van der Waals surface area contributed by atoms with Gasteiger partial charge >= 0.3 is 0 Å². The second kappa shape index (κ2) is 12.5. The number of carbonyl (C=O) groups is 1. The Hall–Kier alpha value is -2.90. The molecule has 0 aliphatic carbocycles. The largest absolute Gasteiger partial charge is 0.496 e. The number of methoxy groups -OCH3 is 1. The van der Waals surface area contributed by atoms with E-state index in [9.17, 15) is 4.79 Å². The number of rotatable bonds is 9. The van der Waals surface area contributed by atoms with Gasteiger partial charge in [-0.3, -0.25) is 9.89 Å². The van der Waals surface area contributed by atoms with E-state index in [-0.39, 0.29) is 18.0 Å². The lowest BCUT2D eigenvalue weighted by atomic mass is 9.93. The van der Waals surface area contributed by atoms with E-state index in [0.29, 0.717) is 16.6 Å². The summed E-state index contributed by atoms with van der Waals surface area (Å²) in [4.78, 5) is 21.9. The summed E-state index contributed by atoms with van der Waals surface area (Å²) in [6.07, 6.45) is 0.998. The van der Waals surface area contributed by atoms with Gasteiger partial charge in [0.05, 0.1) is 31.9 Å². The monoisotopic (exact) mass is 565 g/mol. The van der Waals surface area contributed by atoms with Crippen LogP contribution in [0.1, 0.15) is 41.3 Å². The van der Waals surface area contributed by atoms with Gasteiger partial charge in [-0.25, -0.2) is 0 Å². The molecular weight excluding hydrogens is 533 g/mol. The minimum Gasteiger partial charge on any atom is -0.496 e. The molecule has 3 unspecified atom stereocenters. The Balaban J connectivity index is 1.62. The Labute approximate surface area is 240 Å². The molecule has 3 aromatic rings. The van der Waals surface area contributed by atoms with Crippen LogP contribution in [0.4, 0.5) is 0 Å². The molecule has 39 heavy (non-hydrogen) atoms. The molecule has 0 N–H and O–H groups in total. The minimum absolute atomic E-state index is 0.145. The van der Waals surface area contributed by atoms with Crippen molar-refractivity contribution < 1.29 is 14.3 Å². The van der Waals surface area contributed by atoms with E-state index in [2.05, 4.69) is 21.9 Å². The van der Waals surface area contributed by atoms with Crippen molar-refractivity contribution >= 4 is 35.3 Å². The Kier molecular flexibility index (Phi) is 8.88. The molecule has 0 spiro atoms. The topological polar surface area (TPSA) is 54.4 Å². The van der Waals surface area contributed by atoms with Crippen LogP contribution in [-0.2, 0) is 16.1 Å². The first-order chi connectivity index (χ1) is 19.0. The maximum Gasteiger partial charge on any atom is 0.136 e. The highest BCUT2D eigenvalue weighted by molar-refractivity contribution is 6.30. The maximum absolute atomic E-state index is 11.9. The zero-order chi connectivity index (χ0) is 27.4. The molecule has 5 rings (SSSR count). The van der Waals surface area contributed by atoms with E-state index in [1.165, 1.54) is 5.56 Å². The van der Waals surface area contributed by atoms with Crippen LogP contribution in [0.25, 0.3) is 0 Å². The van der Waals surface area contributed by atoms with E-state index in [1.54, 1.807) is 7.11 Å². The van der Waals surface area contributed by atoms with Crippen molar-refractivity contribution in [3.8, 4) is 5.75 Å². The Morgan fingerprint density at radius 1 is 1.00 bits per heavy atom. The molecule has 2 aliphatic heterocycles. The van der Waals surface area contributed by atoms with Gasteiger partial charge in [0, 0.05) is 42.1 Å². The number of morpholine rings is 1. The molecule has 1 saturated heterocycles. The van der Waals surface area contributed by atoms with Gasteiger partial charge < -0.3 is 19.2 Å². The van der Waals surface area contributed by atoms with Crippen LogP contribution >= 0.6 is 23.2 Å². The van der Waals surface area contributed by atoms with Gasteiger partial charge in [-0.2, -0.15) is 0 Å². The Morgan fingerprint density at radius 2 is 1.64 bits per heavy atom. The second-order valence-corrected chi connectivity index (χ2v) is 11.0. The van der Waals surface area contributed by atoms with Gasteiger partial charge in [-0.15, -0.1) is 0 Å². The molecule has 3 aromatic carbocycles. The summed E-state index contributed by atoms with van der Waals surface area (Å²) >= 11 is 12.5. The molecule has 6 nitrogen and oxygen atoms in total. The van der Waals surface area contributed by atoms with Gasteiger partial charge in [0.2, 0.25) is 0 Å². The van der Waals surface area contributed by atoms with E-state index < -0.39 is 0 Å². The SMILES string of the molecule is COc1ccc(CN2CCOCC2)cc1C1=NC(c2ccc(Cl)cc2)C(c2ccc(Cl)cc2)N1CC(C)C=O. The van der Waals surface area contributed by atoms with Gasteiger partial charge in [-0.05, 0) is 53.1 Å². The van der Waals surface area contributed by atoms with Crippen molar-refractivity contribution in [1.82, 2.24) is 9.80 Å². The van der Waals surface area contributed by atoms with Crippen LogP contribution in [0.3, 0.4) is 0 Å². The first-order valence-electron chi connectivity index (χ1n) is 13.2. The summed E-state index contributed by atoms with van der Waals surface area (Å²) in [6.45, 7) is 6.57. The summed E-state index contributed by atoms with van der Waals surface area (Å²) in [6, 6.07) is 21.7. The molecule has 2 heterocycles. The van der Waals surface area contributed by atoms with E-state index in [0.717, 1.165) is 67.4 Å². The van der Waals surface area contributed by atoms with E-state index in [4.69, 9.17) is 37.7 Å². The average Bonchev–Trinajstić information content (AvgIpc) is 3.33. The highest BCUT2D eigenvalue weighted by atomic mass is 35.5. The van der Waals surface area contributed by atoms with Crippen LogP contribution in [0, 0.1) is 5.92 Å². The molecule has 0 saturated carbocycles. The molecule has 204 valence electrons. The van der Waals surface area contributed by atoms with Crippen molar-refractivity contribution in [1.29, 1.82) is 0 Å². The van der Waals surface area contributed by atoms with Crippen molar-refractivity contribution in [2.24, 2.45) is 10.9 Å². The lowest BCUT2D eigenvalue weighted by molar-refractivity contribution is -0.111. The number of nitrogens with zero attached hydrogens (tertiary/aromatic N) is 3. The summed E-state index contributed by atoms with van der Waals surface area (Å²) < 4.78 is 11.4. The van der Waals surface area contributed by atoms with Crippen LogP contribution in [0.15, 0.2) is 71.7 Å². The second-order valence-electron chi connectivity index (χ2n) is 10.1. The lowest BCUT2D eigenvalue weighted by Crippen LogP contribution is -2.37. The molecule has 2 aliphatic rings. The summed E-state index contributed by atoms with van der Waals surface area (Å²) in [5.41, 5.74) is 4.20. The van der Waals surface area contributed by atoms with Gasteiger partial charge in [0.1, 0.15) is 23.9 Å². The highest BCUT2D eigenvalue weighted by Gasteiger charge is 2.40. The van der Waals surface area contributed by atoms with E-state index >= 15 is 0 Å². The Morgan fingerprint density at radius 3 is 2.26 bits per heavy atom. The Bertz CT molecular complexity index is 1310. The van der Waals surface area contributed by atoms with Crippen molar-refractivity contribution in [3.05, 3.63) is 99.0 Å². The third-order valence-electron chi connectivity index (χ3n) is 7.32. The van der Waals surface area contributed by atoms with Crippen LogP contribution in [0.5, 0.6) is 5.75 Å². The average molecular weight is 567 g/mol. The standard InChI is InChI=1S/C31H33Cl2N3O3/c1-21(20-37)18-36-30(24-6-10-26(33)11-7-24)29(23-4-8-25(32)9-5-23)34-31(36)27-17-22(3-12-28(27)38-2)19-35-13-15-39-16-14-35/h3-12,17,20-21,29-30H,13-16,18-19H2,1-2H3. The van der Waals surface area contributed by atoms with Crippen LogP contribution in [-0.4, -0.2) is 61.9 Å². The first kappa shape index (κ1) is 27.7.